The van der Waals surface area contributed by atoms with Gasteiger partial charge in [-0.2, -0.15) is 0 Å². The zero-order chi connectivity index (χ0) is 14.7. The van der Waals surface area contributed by atoms with E-state index in [1.54, 1.807) is 31.2 Å². The highest BCUT2D eigenvalue weighted by Crippen LogP contribution is 2.37. The van der Waals surface area contributed by atoms with Crippen molar-refractivity contribution in [3.63, 3.8) is 0 Å². The molecule has 2 aromatic carbocycles. The van der Waals surface area contributed by atoms with Crippen molar-refractivity contribution in [3.8, 4) is 17.2 Å². The van der Waals surface area contributed by atoms with Crippen LogP contribution in [0, 0.1) is 12.7 Å². The Kier molecular flexibility index (Phi) is 4.25. The maximum atomic E-state index is 13.3. The summed E-state index contributed by atoms with van der Waals surface area (Å²) in [7, 11) is 1.53. The molecule has 0 radical (unpaired) electrons. The fourth-order valence-corrected chi connectivity index (χ4v) is 2.00. The molecular weight excluding hydrogens is 259 g/mol. The van der Waals surface area contributed by atoms with Crippen molar-refractivity contribution < 1.29 is 19.0 Å². The number of aliphatic hydroxyl groups excluding tert-OH is 1. The molecule has 1 N–H and O–H groups in total. The van der Waals surface area contributed by atoms with Crippen molar-refractivity contribution in [1.29, 1.82) is 0 Å². The number of aliphatic hydroxyl groups is 1. The third kappa shape index (κ3) is 2.91. The molecule has 106 valence electrons. The van der Waals surface area contributed by atoms with E-state index >= 15 is 0 Å². The molecule has 0 heterocycles. The predicted octanol–water partition coefficient (Wildman–Crippen LogP) is 3.99. The summed E-state index contributed by atoms with van der Waals surface area (Å²) in [5, 5.41) is 9.88. The molecule has 0 unspecified atom stereocenters. The quantitative estimate of drug-likeness (QED) is 0.917. The number of aryl methyl sites for hydroxylation is 1. The lowest BCUT2D eigenvalue weighted by atomic mass is 10.1. The first-order chi connectivity index (χ1) is 9.52. The van der Waals surface area contributed by atoms with E-state index in [0.29, 0.717) is 22.8 Å². The van der Waals surface area contributed by atoms with Gasteiger partial charge in [-0.3, -0.25) is 0 Å². The zero-order valence-corrected chi connectivity index (χ0v) is 11.7. The van der Waals surface area contributed by atoms with E-state index in [1.807, 2.05) is 6.92 Å². The summed E-state index contributed by atoms with van der Waals surface area (Å²) < 4.78 is 24.3. The molecule has 0 saturated carbocycles. The molecule has 0 spiro atoms. The highest BCUT2D eigenvalue weighted by molar-refractivity contribution is 5.48. The minimum Gasteiger partial charge on any atom is -0.496 e. The lowest BCUT2D eigenvalue weighted by Crippen LogP contribution is -2.00. The largest absolute Gasteiger partial charge is 0.496 e. The second-order valence-corrected chi connectivity index (χ2v) is 4.56. The van der Waals surface area contributed by atoms with Crippen LogP contribution in [0.25, 0.3) is 0 Å². The minimum absolute atomic E-state index is 0.368. The molecule has 0 aliphatic rings. The van der Waals surface area contributed by atoms with E-state index < -0.39 is 6.10 Å². The number of rotatable bonds is 4. The van der Waals surface area contributed by atoms with Gasteiger partial charge >= 0.3 is 0 Å². The average Bonchev–Trinajstić information content (AvgIpc) is 2.42. The molecular formula is C16H17FO3. The van der Waals surface area contributed by atoms with Crippen molar-refractivity contribution >= 4 is 0 Å². The van der Waals surface area contributed by atoms with Gasteiger partial charge in [0.2, 0.25) is 0 Å². The van der Waals surface area contributed by atoms with Gasteiger partial charge in [0, 0.05) is 6.07 Å². The van der Waals surface area contributed by atoms with E-state index in [0.717, 1.165) is 5.56 Å². The van der Waals surface area contributed by atoms with Crippen LogP contribution in [0.4, 0.5) is 4.39 Å². The molecule has 2 aromatic rings. The van der Waals surface area contributed by atoms with E-state index in [1.165, 1.54) is 19.2 Å². The van der Waals surface area contributed by atoms with Crippen molar-refractivity contribution in [2.45, 2.75) is 20.0 Å². The van der Waals surface area contributed by atoms with Gasteiger partial charge in [-0.25, -0.2) is 4.39 Å². The standard InChI is InChI=1S/C16H17FO3/c1-10-7-8-12(17)9-15(10)20-14-6-4-5-13(19-3)16(14)11(2)18/h4-9,11,18H,1-3H3/t11-/m0/s1. The molecule has 0 fully saturated rings. The van der Waals surface area contributed by atoms with Crippen molar-refractivity contribution in [2.24, 2.45) is 0 Å². The normalized spacial score (nSPS) is 12.1. The average molecular weight is 276 g/mol. The maximum absolute atomic E-state index is 13.3. The molecule has 0 bridgehead atoms. The molecule has 0 aliphatic carbocycles. The Hall–Kier alpha value is -2.07. The van der Waals surface area contributed by atoms with Gasteiger partial charge in [0.1, 0.15) is 23.1 Å². The van der Waals surface area contributed by atoms with Gasteiger partial charge in [0.25, 0.3) is 0 Å². The number of halogens is 1. The molecule has 4 heteroatoms. The lowest BCUT2D eigenvalue weighted by Gasteiger charge is -2.17. The molecule has 20 heavy (non-hydrogen) atoms. The number of methoxy groups -OCH3 is 1. The fraction of sp³-hybridized carbons (Fsp3) is 0.250. The summed E-state index contributed by atoms with van der Waals surface area (Å²) in [6.45, 7) is 3.46. The molecule has 1 atom stereocenters. The maximum Gasteiger partial charge on any atom is 0.136 e. The Morgan fingerprint density at radius 3 is 2.45 bits per heavy atom. The molecule has 3 nitrogen and oxygen atoms in total. The van der Waals surface area contributed by atoms with Crippen molar-refractivity contribution in [1.82, 2.24) is 0 Å². The van der Waals surface area contributed by atoms with Crippen LogP contribution in [0.15, 0.2) is 36.4 Å². The number of benzene rings is 2. The van der Waals surface area contributed by atoms with Crippen LogP contribution in [-0.2, 0) is 0 Å². The number of hydrogen-bond donors (Lipinski definition) is 1. The summed E-state index contributed by atoms with van der Waals surface area (Å²) in [4.78, 5) is 0. The Balaban J connectivity index is 2.45. The summed E-state index contributed by atoms with van der Waals surface area (Å²) in [6, 6.07) is 9.56. The van der Waals surface area contributed by atoms with E-state index in [2.05, 4.69) is 0 Å². The molecule has 0 amide bonds. The Bertz CT molecular complexity index is 609. The summed E-state index contributed by atoms with van der Waals surface area (Å²) in [5.41, 5.74) is 1.35. The highest BCUT2D eigenvalue weighted by atomic mass is 19.1. The van der Waals surface area contributed by atoms with Gasteiger partial charge in [0.05, 0.1) is 18.8 Å². The molecule has 0 aliphatic heterocycles. The zero-order valence-electron chi connectivity index (χ0n) is 11.7. The van der Waals surface area contributed by atoms with Crippen LogP contribution in [0.2, 0.25) is 0 Å². The molecule has 0 aromatic heterocycles. The summed E-state index contributed by atoms with van der Waals surface area (Å²) in [5.74, 6) is 1.03. The number of hydrogen-bond acceptors (Lipinski definition) is 3. The van der Waals surface area contributed by atoms with Gasteiger partial charge < -0.3 is 14.6 Å². The van der Waals surface area contributed by atoms with Gasteiger partial charge in [0.15, 0.2) is 0 Å². The first-order valence-corrected chi connectivity index (χ1v) is 6.32. The van der Waals surface area contributed by atoms with Crippen LogP contribution in [0.1, 0.15) is 24.2 Å². The van der Waals surface area contributed by atoms with E-state index in [-0.39, 0.29) is 5.82 Å². The summed E-state index contributed by atoms with van der Waals surface area (Å²) in [6.07, 6.45) is -0.755. The van der Waals surface area contributed by atoms with Crippen molar-refractivity contribution in [3.05, 3.63) is 53.3 Å². The lowest BCUT2D eigenvalue weighted by molar-refractivity contribution is 0.190. The fourth-order valence-electron chi connectivity index (χ4n) is 2.00. The highest BCUT2D eigenvalue weighted by Gasteiger charge is 2.16. The van der Waals surface area contributed by atoms with Gasteiger partial charge in [-0.05, 0) is 37.6 Å². The Morgan fingerprint density at radius 2 is 1.80 bits per heavy atom. The smallest absolute Gasteiger partial charge is 0.136 e. The van der Waals surface area contributed by atoms with Gasteiger partial charge in [-0.15, -0.1) is 0 Å². The van der Waals surface area contributed by atoms with E-state index in [4.69, 9.17) is 9.47 Å². The van der Waals surface area contributed by atoms with Crippen LogP contribution < -0.4 is 9.47 Å². The topological polar surface area (TPSA) is 38.7 Å². The van der Waals surface area contributed by atoms with Crippen LogP contribution >= 0.6 is 0 Å². The predicted molar refractivity (Wildman–Crippen MR) is 74.8 cm³/mol. The SMILES string of the molecule is COc1cccc(Oc2cc(F)ccc2C)c1[C@H](C)O. The number of ether oxygens (including phenoxy) is 2. The molecule has 0 saturated heterocycles. The second kappa shape index (κ2) is 5.92. The Morgan fingerprint density at radius 1 is 1.10 bits per heavy atom. The van der Waals surface area contributed by atoms with Crippen LogP contribution in [0.3, 0.4) is 0 Å². The Labute approximate surface area is 117 Å². The third-order valence-electron chi connectivity index (χ3n) is 3.03. The van der Waals surface area contributed by atoms with Crippen LogP contribution in [0.5, 0.6) is 17.2 Å². The second-order valence-electron chi connectivity index (χ2n) is 4.56. The molecule has 2 rings (SSSR count). The first kappa shape index (κ1) is 14.3. The van der Waals surface area contributed by atoms with Crippen molar-refractivity contribution in [2.75, 3.05) is 7.11 Å². The van der Waals surface area contributed by atoms with Crippen LogP contribution in [-0.4, -0.2) is 12.2 Å². The third-order valence-corrected chi connectivity index (χ3v) is 3.03. The van der Waals surface area contributed by atoms with Gasteiger partial charge in [-0.1, -0.05) is 12.1 Å². The first-order valence-electron chi connectivity index (χ1n) is 6.32. The monoisotopic (exact) mass is 276 g/mol. The van der Waals surface area contributed by atoms with E-state index in [9.17, 15) is 9.50 Å². The minimum atomic E-state index is -0.755. The summed E-state index contributed by atoms with van der Waals surface area (Å²) >= 11 is 0.